The van der Waals surface area contributed by atoms with Crippen molar-refractivity contribution in [1.82, 2.24) is 4.98 Å². The number of benzene rings is 1. The molecule has 0 bridgehead atoms. The van der Waals surface area contributed by atoms with Gasteiger partial charge in [0.15, 0.2) is 0 Å². The molecule has 0 fully saturated rings. The molecule has 4 heteroatoms. The summed E-state index contributed by atoms with van der Waals surface area (Å²) in [7, 11) is 0. The predicted octanol–water partition coefficient (Wildman–Crippen LogP) is 3.05. The van der Waals surface area contributed by atoms with Crippen molar-refractivity contribution in [2.24, 2.45) is 5.16 Å². The molecule has 3 nitrogen and oxygen atoms in total. The Kier molecular flexibility index (Phi) is 2.29. The highest BCUT2D eigenvalue weighted by atomic mass is 79.9. The van der Waals surface area contributed by atoms with Crippen molar-refractivity contribution in [1.29, 1.82) is 0 Å². The van der Waals surface area contributed by atoms with Crippen LogP contribution in [0, 0.1) is 6.92 Å². The minimum absolute atomic E-state index is 0.920. The molecule has 0 radical (unpaired) electrons. The normalized spacial score (nSPS) is 11.6. The number of aromatic nitrogens is 1. The van der Waals surface area contributed by atoms with Gasteiger partial charge in [-0.1, -0.05) is 21.1 Å². The number of nitrogens with one attached hydrogen (secondary N) is 1. The first-order valence-corrected chi connectivity index (χ1v) is 4.97. The lowest BCUT2D eigenvalue weighted by Gasteiger charge is -1.92. The third-order valence-corrected chi connectivity index (χ3v) is 2.68. The Balaban J connectivity index is 2.79. The molecule has 2 rings (SSSR count). The van der Waals surface area contributed by atoms with Crippen LogP contribution in [0.5, 0.6) is 0 Å². The first-order chi connectivity index (χ1) is 6.72. The zero-order valence-corrected chi connectivity index (χ0v) is 9.17. The number of aromatic amines is 1. The summed E-state index contributed by atoms with van der Waals surface area (Å²) in [6.45, 7) is 1.95. The van der Waals surface area contributed by atoms with E-state index in [2.05, 4.69) is 26.1 Å². The molecule has 1 aromatic carbocycles. The van der Waals surface area contributed by atoms with Gasteiger partial charge in [-0.25, -0.2) is 0 Å². The molecule has 1 heterocycles. The van der Waals surface area contributed by atoms with Crippen molar-refractivity contribution in [2.45, 2.75) is 6.92 Å². The van der Waals surface area contributed by atoms with E-state index in [-0.39, 0.29) is 0 Å². The van der Waals surface area contributed by atoms with Crippen LogP contribution in [0.3, 0.4) is 0 Å². The van der Waals surface area contributed by atoms with Crippen LogP contribution in [0.25, 0.3) is 10.9 Å². The smallest absolute Gasteiger partial charge is 0.0758 e. The van der Waals surface area contributed by atoms with Gasteiger partial charge >= 0.3 is 0 Å². The molecule has 2 N–H and O–H groups in total. The second kappa shape index (κ2) is 3.46. The molecule has 0 aliphatic rings. The number of H-pyrrole nitrogens is 1. The van der Waals surface area contributed by atoms with Gasteiger partial charge in [0.1, 0.15) is 0 Å². The predicted molar refractivity (Wildman–Crippen MR) is 60.1 cm³/mol. The van der Waals surface area contributed by atoms with Crippen LogP contribution in [0.2, 0.25) is 0 Å². The summed E-state index contributed by atoms with van der Waals surface area (Å²) >= 11 is 3.41. The lowest BCUT2D eigenvalue weighted by Crippen LogP contribution is -1.81. The monoisotopic (exact) mass is 252 g/mol. The minimum atomic E-state index is 0.920. The zero-order valence-electron chi connectivity index (χ0n) is 7.58. The Labute approximate surface area is 89.6 Å². The summed E-state index contributed by atoms with van der Waals surface area (Å²) in [6, 6.07) is 5.95. The maximum atomic E-state index is 8.54. The van der Waals surface area contributed by atoms with E-state index in [1.165, 1.54) is 6.21 Å². The van der Waals surface area contributed by atoms with Crippen molar-refractivity contribution in [2.75, 3.05) is 0 Å². The van der Waals surface area contributed by atoms with Crippen molar-refractivity contribution in [3.8, 4) is 0 Å². The topological polar surface area (TPSA) is 48.4 Å². The average Bonchev–Trinajstić information content (AvgIpc) is 2.45. The van der Waals surface area contributed by atoms with Crippen LogP contribution in [0.4, 0.5) is 0 Å². The summed E-state index contributed by atoms with van der Waals surface area (Å²) in [5.41, 5.74) is 2.96. The summed E-state index contributed by atoms with van der Waals surface area (Å²) in [4.78, 5) is 3.22. The molecule has 1 aromatic heterocycles. The number of fused-ring (bicyclic) bond motifs is 1. The summed E-state index contributed by atoms with van der Waals surface area (Å²) in [6.07, 6.45) is 1.45. The van der Waals surface area contributed by atoms with Crippen molar-refractivity contribution in [3.05, 3.63) is 33.9 Å². The third kappa shape index (κ3) is 1.42. The zero-order chi connectivity index (χ0) is 10.1. The maximum Gasteiger partial charge on any atom is 0.0758 e. The second-order valence-corrected chi connectivity index (χ2v) is 4.01. The number of oxime groups is 1. The average molecular weight is 253 g/mol. The lowest BCUT2D eigenvalue weighted by atomic mass is 10.1. The van der Waals surface area contributed by atoms with Crippen LogP contribution in [0.15, 0.2) is 27.8 Å². The number of hydrogen-bond acceptors (Lipinski definition) is 2. The van der Waals surface area contributed by atoms with Crippen LogP contribution in [-0.4, -0.2) is 16.4 Å². The molecule has 2 aromatic rings. The lowest BCUT2D eigenvalue weighted by molar-refractivity contribution is 0.322. The van der Waals surface area contributed by atoms with Gasteiger partial charge in [-0.3, -0.25) is 0 Å². The molecule has 0 saturated heterocycles. The van der Waals surface area contributed by atoms with Gasteiger partial charge in [0.25, 0.3) is 0 Å². The number of rotatable bonds is 1. The molecule has 72 valence electrons. The van der Waals surface area contributed by atoms with Crippen molar-refractivity contribution in [3.63, 3.8) is 0 Å². The molecule has 0 amide bonds. The minimum Gasteiger partial charge on any atom is -0.411 e. The first kappa shape index (κ1) is 9.27. The van der Waals surface area contributed by atoms with Gasteiger partial charge in [0, 0.05) is 26.6 Å². The van der Waals surface area contributed by atoms with Crippen LogP contribution >= 0.6 is 15.9 Å². The fourth-order valence-corrected chi connectivity index (χ4v) is 1.90. The van der Waals surface area contributed by atoms with E-state index >= 15 is 0 Å². The molecular formula is C10H9BrN2O. The van der Waals surface area contributed by atoms with E-state index in [0.29, 0.717) is 0 Å². The Bertz CT molecular complexity index is 502. The molecule has 0 saturated carbocycles. The molecule has 0 spiro atoms. The fourth-order valence-electron chi connectivity index (χ4n) is 1.54. The van der Waals surface area contributed by atoms with Gasteiger partial charge in [0.05, 0.1) is 6.21 Å². The number of aryl methyl sites for hydroxylation is 1. The first-order valence-electron chi connectivity index (χ1n) is 4.17. The van der Waals surface area contributed by atoms with E-state index < -0.39 is 0 Å². The molecule has 14 heavy (non-hydrogen) atoms. The highest BCUT2D eigenvalue weighted by molar-refractivity contribution is 9.10. The summed E-state index contributed by atoms with van der Waals surface area (Å²) in [5.74, 6) is 0. The molecular weight excluding hydrogens is 244 g/mol. The number of nitrogens with zero attached hydrogens (tertiary/aromatic N) is 1. The highest BCUT2D eigenvalue weighted by Gasteiger charge is 2.06. The largest absolute Gasteiger partial charge is 0.411 e. The summed E-state index contributed by atoms with van der Waals surface area (Å²) < 4.78 is 1.01. The highest BCUT2D eigenvalue weighted by Crippen LogP contribution is 2.24. The van der Waals surface area contributed by atoms with E-state index in [4.69, 9.17) is 5.21 Å². The SMILES string of the molecule is Cc1[nH]c2ccc(Br)cc2c1/C=N/O. The molecule has 0 atom stereocenters. The Morgan fingerprint density at radius 1 is 1.50 bits per heavy atom. The molecule has 0 unspecified atom stereocenters. The van der Waals surface area contributed by atoms with Gasteiger partial charge in [-0.2, -0.15) is 0 Å². The van der Waals surface area contributed by atoms with E-state index in [0.717, 1.165) is 26.6 Å². The van der Waals surface area contributed by atoms with Gasteiger partial charge in [-0.15, -0.1) is 0 Å². The van der Waals surface area contributed by atoms with E-state index in [9.17, 15) is 0 Å². The Morgan fingerprint density at radius 2 is 2.29 bits per heavy atom. The number of halogens is 1. The Morgan fingerprint density at radius 3 is 3.00 bits per heavy atom. The van der Waals surface area contributed by atoms with Gasteiger partial charge < -0.3 is 10.2 Å². The quantitative estimate of drug-likeness (QED) is 0.458. The maximum absolute atomic E-state index is 8.54. The van der Waals surface area contributed by atoms with Crippen molar-refractivity contribution >= 4 is 33.0 Å². The fraction of sp³-hybridized carbons (Fsp3) is 0.100. The Hall–Kier alpha value is -1.29. The van der Waals surface area contributed by atoms with Crippen LogP contribution < -0.4 is 0 Å². The van der Waals surface area contributed by atoms with Crippen LogP contribution in [0.1, 0.15) is 11.3 Å². The third-order valence-electron chi connectivity index (χ3n) is 2.18. The number of hydrogen-bond donors (Lipinski definition) is 2. The van der Waals surface area contributed by atoms with Gasteiger partial charge in [-0.05, 0) is 25.1 Å². The standard InChI is InChI=1S/C10H9BrN2O/c1-6-9(5-12-14)8-4-7(11)2-3-10(8)13-6/h2-5,13-14H,1H3/b12-5+. The molecule has 0 aliphatic heterocycles. The van der Waals surface area contributed by atoms with E-state index in [1.54, 1.807) is 0 Å². The van der Waals surface area contributed by atoms with Crippen LogP contribution in [-0.2, 0) is 0 Å². The second-order valence-electron chi connectivity index (χ2n) is 3.10. The van der Waals surface area contributed by atoms with Gasteiger partial charge in [0.2, 0.25) is 0 Å². The summed E-state index contributed by atoms with van der Waals surface area (Å²) in [5, 5.41) is 12.6. The molecule has 0 aliphatic carbocycles. The van der Waals surface area contributed by atoms with Crippen molar-refractivity contribution < 1.29 is 5.21 Å². The van der Waals surface area contributed by atoms with E-state index in [1.807, 2.05) is 25.1 Å².